The Hall–Kier alpha value is -1.34. The molecule has 1 heterocycles. The highest BCUT2D eigenvalue weighted by molar-refractivity contribution is 5.97. The summed E-state index contributed by atoms with van der Waals surface area (Å²) in [7, 11) is 0. The molecule has 1 atom stereocenters. The van der Waals surface area contributed by atoms with Crippen molar-refractivity contribution in [2.75, 3.05) is 44.6 Å². The molecule has 3 N–H and O–H groups in total. The molecule has 0 aliphatic carbocycles. The Kier molecular flexibility index (Phi) is 12.3. The van der Waals surface area contributed by atoms with Gasteiger partial charge in [-0.1, -0.05) is 19.9 Å². The van der Waals surface area contributed by atoms with E-state index in [0.29, 0.717) is 17.8 Å². The van der Waals surface area contributed by atoms with Crippen LogP contribution in [-0.2, 0) is 4.79 Å². The van der Waals surface area contributed by atoms with Gasteiger partial charge in [-0.15, -0.1) is 24.8 Å². The van der Waals surface area contributed by atoms with Gasteiger partial charge in [0, 0.05) is 30.9 Å². The minimum Gasteiger partial charge on any atom is -0.351 e. The van der Waals surface area contributed by atoms with Gasteiger partial charge in [0.25, 0.3) is 5.91 Å². The number of benzene rings is 1. The number of nitrogens with zero attached hydrogens (tertiary/aromatic N) is 1. The number of hydrogen-bond acceptors (Lipinski definition) is 4. The van der Waals surface area contributed by atoms with Crippen LogP contribution in [0.4, 0.5) is 5.69 Å². The van der Waals surface area contributed by atoms with Gasteiger partial charge < -0.3 is 20.9 Å². The molecular formula is C18H30Cl2N4O2. The van der Waals surface area contributed by atoms with Gasteiger partial charge >= 0.3 is 0 Å². The second kappa shape index (κ2) is 12.9. The number of anilines is 1. The number of amides is 2. The van der Waals surface area contributed by atoms with Gasteiger partial charge in [0.1, 0.15) is 0 Å². The van der Waals surface area contributed by atoms with Crippen LogP contribution in [0.2, 0.25) is 0 Å². The maximum absolute atomic E-state index is 12.2. The molecule has 26 heavy (non-hydrogen) atoms. The first-order valence-electron chi connectivity index (χ1n) is 8.76. The predicted octanol–water partition coefficient (Wildman–Crippen LogP) is 2.15. The number of likely N-dealkylation sites (N-methyl/N-ethyl adjacent to an activating group) is 1. The standard InChI is InChI=1S/C18H28N4O2.2ClH/c1-3-22(4-2)11-10-20-17(23)14-6-5-7-16(12-14)21-18(24)15-8-9-19-13-15;;/h5-7,12,15,19H,3-4,8-11,13H2,1-2H3,(H,20,23)(H,21,24);2*1H. The zero-order valence-electron chi connectivity index (χ0n) is 15.4. The molecule has 1 aliphatic heterocycles. The van der Waals surface area contributed by atoms with Crippen molar-refractivity contribution >= 4 is 42.3 Å². The first-order valence-corrected chi connectivity index (χ1v) is 8.76. The largest absolute Gasteiger partial charge is 0.351 e. The molecule has 148 valence electrons. The van der Waals surface area contributed by atoms with Crippen LogP contribution in [0.25, 0.3) is 0 Å². The Bertz CT molecular complexity index is 562. The van der Waals surface area contributed by atoms with Crippen LogP contribution in [0.5, 0.6) is 0 Å². The molecule has 1 unspecified atom stereocenters. The molecular weight excluding hydrogens is 375 g/mol. The summed E-state index contributed by atoms with van der Waals surface area (Å²) in [5.74, 6) is -0.0866. The van der Waals surface area contributed by atoms with Crippen LogP contribution in [0.15, 0.2) is 24.3 Å². The molecule has 8 heteroatoms. The zero-order chi connectivity index (χ0) is 17.4. The van der Waals surface area contributed by atoms with Crippen LogP contribution in [-0.4, -0.2) is 56.0 Å². The van der Waals surface area contributed by atoms with Crippen molar-refractivity contribution in [3.8, 4) is 0 Å². The van der Waals surface area contributed by atoms with E-state index >= 15 is 0 Å². The molecule has 0 bridgehead atoms. The monoisotopic (exact) mass is 404 g/mol. The number of carbonyl (C=O) groups is 2. The summed E-state index contributed by atoms with van der Waals surface area (Å²) < 4.78 is 0. The van der Waals surface area contributed by atoms with Gasteiger partial charge in [0.05, 0.1) is 5.92 Å². The van der Waals surface area contributed by atoms with Crippen molar-refractivity contribution < 1.29 is 9.59 Å². The summed E-state index contributed by atoms with van der Waals surface area (Å²) in [6, 6.07) is 7.10. The van der Waals surface area contributed by atoms with Gasteiger partial charge in [0.15, 0.2) is 0 Å². The molecule has 2 rings (SSSR count). The number of carbonyl (C=O) groups excluding carboxylic acids is 2. The Balaban J connectivity index is 0.00000312. The molecule has 1 aliphatic rings. The second-order valence-corrected chi connectivity index (χ2v) is 6.04. The molecule has 2 amide bonds. The predicted molar refractivity (Wildman–Crippen MR) is 111 cm³/mol. The average molecular weight is 405 g/mol. The van der Waals surface area contributed by atoms with E-state index in [9.17, 15) is 9.59 Å². The van der Waals surface area contributed by atoms with Crippen molar-refractivity contribution in [3.05, 3.63) is 29.8 Å². The summed E-state index contributed by atoms with van der Waals surface area (Å²) in [5.41, 5.74) is 1.24. The topological polar surface area (TPSA) is 73.5 Å². The minimum absolute atomic E-state index is 0. The maximum atomic E-state index is 12.2. The van der Waals surface area contributed by atoms with Gasteiger partial charge in [0.2, 0.25) is 5.91 Å². The first-order chi connectivity index (χ1) is 11.6. The molecule has 0 aromatic heterocycles. The zero-order valence-corrected chi connectivity index (χ0v) is 17.0. The molecule has 0 spiro atoms. The highest BCUT2D eigenvalue weighted by atomic mass is 35.5. The van der Waals surface area contributed by atoms with E-state index in [2.05, 4.69) is 34.7 Å². The molecule has 0 saturated carbocycles. The average Bonchev–Trinajstić information content (AvgIpc) is 3.13. The Labute approximate surface area is 168 Å². The quantitative estimate of drug-likeness (QED) is 0.620. The van der Waals surface area contributed by atoms with Crippen molar-refractivity contribution in [1.82, 2.24) is 15.5 Å². The summed E-state index contributed by atoms with van der Waals surface area (Å²) in [6.07, 6.45) is 0.858. The fourth-order valence-corrected chi connectivity index (χ4v) is 2.83. The second-order valence-electron chi connectivity index (χ2n) is 6.04. The fourth-order valence-electron chi connectivity index (χ4n) is 2.83. The van der Waals surface area contributed by atoms with Gasteiger partial charge in [-0.05, 0) is 44.3 Å². The smallest absolute Gasteiger partial charge is 0.251 e. The van der Waals surface area contributed by atoms with Gasteiger partial charge in [-0.25, -0.2) is 0 Å². The van der Waals surface area contributed by atoms with Crippen molar-refractivity contribution in [3.63, 3.8) is 0 Å². The minimum atomic E-state index is -0.110. The molecule has 0 radical (unpaired) electrons. The van der Waals surface area contributed by atoms with Crippen molar-refractivity contribution in [2.45, 2.75) is 20.3 Å². The molecule has 1 aromatic rings. The van der Waals surface area contributed by atoms with Crippen molar-refractivity contribution in [1.29, 1.82) is 0 Å². The summed E-state index contributed by atoms with van der Waals surface area (Å²) >= 11 is 0. The van der Waals surface area contributed by atoms with E-state index in [1.54, 1.807) is 18.2 Å². The number of nitrogens with one attached hydrogen (secondary N) is 3. The van der Waals surface area contributed by atoms with E-state index in [4.69, 9.17) is 0 Å². The fraction of sp³-hybridized carbons (Fsp3) is 0.556. The number of halogens is 2. The normalized spacial score (nSPS) is 15.7. The molecule has 1 aromatic carbocycles. The lowest BCUT2D eigenvalue weighted by molar-refractivity contribution is -0.119. The third-order valence-corrected chi connectivity index (χ3v) is 4.43. The Morgan fingerprint density at radius 3 is 2.58 bits per heavy atom. The van der Waals surface area contributed by atoms with Crippen LogP contribution in [0, 0.1) is 5.92 Å². The third-order valence-electron chi connectivity index (χ3n) is 4.43. The maximum Gasteiger partial charge on any atom is 0.251 e. The van der Waals surface area contributed by atoms with Crippen LogP contribution in [0.1, 0.15) is 30.6 Å². The lowest BCUT2D eigenvalue weighted by atomic mass is 10.1. The summed E-state index contributed by atoms with van der Waals surface area (Å²) in [4.78, 5) is 26.7. The molecule has 1 saturated heterocycles. The Morgan fingerprint density at radius 2 is 1.96 bits per heavy atom. The SMILES string of the molecule is CCN(CC)CCNC(=O)c1cccc(NC(=O)C2CCNC2)c1.Cl.Cl. The highest BCUT2D eigenvalue weighted by Crippen LogP contribution is 2.14. The van der Waals surface area contributed by atoms with E-state index in [-0.39, 0.29) is 42.5 Å². The van der Waals surface area contributed by atoms with Gasteiger partial charge in [-0.2, -0.15) is 0 Å². The molecule has 6 nitrogen and oxygen atoms in total. The number of rotatable bonds is 8. The third kappa shape index (κ3) is 7.50. The van der Waals surface area contributed by atoms with Crippen LogP contribution in [0.3, 0.4) is 0 Å². The number of hydrogen-bond donors (Lipinski definition) is 3. The van der Waals surface area contributed by atoms with Crippen LogP contribution < -0.4 is 16.0 Å². The van der Waals surface area contributed by atoms with E-state index in [0.717, 1.165) is 39.1 Å². The summed E-state index contributed by atoms with van der Waals surface area (Å²) in [5, 5.41) is 9.02. The van der Waals surface area contributed by atoms with Crippen LogP contribution >= 0.6 is 24.8 Å². The van der Waals surface area contributed by atoms with Crippen molar-refractivity contribution in [2.24, 2.45) is 5.92 Å². The lowest BCUT2D eigenvalue weighted by Crippen LogP contribution is -2.34. The van der Waals surface area contributed by atoms with Gasteiger partial charge in [-0.3, -0.25) is 9.59 Å². The molecule has 1 fully saturated rings. The highest BCUT2D eigenvalue weighted by Gasteiger charge is 2.22. The lowest BCUT2D eigenvalue weighted by Gasteiger charge is -2.18. The van der Waals surface area contributed by atoms with E-state index in [1.165, 1.54) is 0 Å². The van der Waals surface area contributed by atoms with E-state index in [1.807, 2.05) is 6.07 Å². The Morgan fingerprint density at radius 1 is 1.23 bits per heavy atom. The van der Waals surface area contributed by atoms with E-state index < -0.39 is 0 Å². The summed E-state index contributed by atoms with van der Waals surface area (Å²) in [6.45, 7) is 9.22. The first kappa shape index (κ1) is 24.7.